The summed E-state index contributed by atoms with van der Waals surface area (Å²) in [6.45, 7) is 0. The van der Waals surface area contributed by atoms with Gasteiger partial charge in [0, 0.05) is 38.8 Å². The van der Waals surface area contributed by atoms with E-state index in [2.05, 4.69) is 210 Å². The van der Waals surface area contributed by atoms with E-state index in [0.29, 0.717) is 0 Å². The Morgan fingerprint density at radius 1 is 0.473 bits per heavy atom. The smallest absolute Gasteiger partial charge is 0.124 e. The van der Waals surface area contributed by atoms with E-state index in [1.807, 2.05) is 0 Å². The van der Waals surface area contributed by atoms with Crippen LogP contribution in [-0.4, -0.2) is 9.55 Å². The van der Waals surface area contributed by atoms with Crippen LogP contribution in [0.5, 0.6) is 0 Å². The van der Waals surface area contributed by atoms with Crippen LogP contribution in [0, 0.1) is 0 Å². The first-order valence-electron chi connectivity index (χ1n) is 18.6. The second-order valence-corrected chi connectivity index (χ2v) is 15.0. The van der Waals surface area contributed by atoms with Crippen LogP contribution in [0.1, 0.15) is 0 Å². The van der Waals surface area contributed by atoms with E-state index >= 15 is 0 Å². The molecule has 0 aliphatic carbocycles. The van der Waals surface area contributed by atoms with Gasteiger partial charge in [0.1, 0.15) is 5.01 Å². The van der Waals surface area contributed by atoms with Crippen molar-refractivity contribution in [2.45, 2.75) is 0 Å². The second-order valence-electron chi connectivity index (χ2n) is 13.9. The van der Waals surface area contributed by atoms with Gasteiger partial charge in [0.25, 0.3) is 0 Å². The molecule has 55 heavy (non-hydrogen) atoms. The van der Waals surface area contributed by atoms with Gasteiger partial charge in [-0.15, -0.1) is 11.3 Å². The number of hydrogen-bond donors (Lipinski definition) is 0. The number of rotatable bonds is 6. The van der Waals surface area contributed by atoms with Gasteiger partial charge in [-0.3, -0.25) is 0 Å². The maximum atomic E-state index is 5.37. The van der Waals surface area contributed by atoms with Crippen molar-refractivity contribution in [3.63, 3.8) is 0 Å². The highest BCUT2D eigenvalue weighted by Crippen LogP contribution is 2.46. The molecule has 9 aromatic carbocycles. The average molecular weight is 720 g/mol. The van der Waals surface area contributed by atoms with Crippen molar-refractivity contribution in [3.8, 4) is 27.4 Å². The molecular weight excluding hydrogens is 687 g/mol. The van der Waals surface area contributed by atoms with Gasteiger partial charge >= 0.3 is 0 Å². The van der Waals surface area contributed by atoms with Crippen molar-refractivity contribution >= 4 is 82.0 Å². The summed E-state index contributed by atoms with van der Waals surface area (Å²) in [5, 5.41) is 8.22. The normalized spacial score (nSPS) is 11.6. The van der Waals surface area contributed by atoms with Gasteiger partial charge in [-0.2, -0.15) is 0 Å². The lowest BCUT2D eigenvalue weighted by molar-refractivity contribution is 1.17. The van der Waals surface area contributed by atoms with Crippen LogP contribution in [0.25, 0.3) is 81.0 Å². The minimum atomic E-state index is 1.03. The molecule has 258 valence electrons. The Kier molecular flexibility index (Phi) is 7.35. The van der Waals surface area contributed by atoms with E-state index in [1.54, 1.807) is 11.3 Å². The van der Waals surface area contributed by atoms with Gasteiger partial charge in [0.2, 0.25) is 0 Å². The zero-order chi connectivity index (χ0) is 36.3. The molecule has 11 rings (SSSR count). The molecule has 11 aromatic rings. The van der Waals surface area contributed by atoms with E-state index < -0.39 is 0 Å². The fourth-order valence-corrected chi connectivity index (χ4v) is 9.33. The molecule has 0 amide bonds. The lowest BCUT2D eigenvalue weighted by Crippen LogP contribution is -2.11. The Morgan fingerprint density at radius 2 is 1.15 bits per heavy atom. The summed E-state index contributed by atoms with van der Waals surface area (Å²) in [5.74, 6) is 0. The number of para-hydroxylation sites is 4. The van der Waals surface area contributed by atoms with Crippen molar-refractivity contribution in [1.82, 2.24) is 9.55 Å². The molecule has 0 bridgehead atoms. The van der Waals surface area contributed by atoms with Crippen molar-refractivity contribution < 1.29 is 0 Å². The highest BCUT2D eigenvalue weighted by molar-refractivity contribution is 7.21. The van der Waals surface area contributed by atoms with Crippen LogP contribution in [0.2, 0.25) is 0 Å². The van der Waals surface area contributed by atoms with Crippen LogP contribution < -0.4 is 4.90 Å². The van der Waals surface area contributed by atoms with Crippen molar-refractivity contribution in [2.24, 2.45) is 0 Å². The first-order valence-corrected chi connectivity index (χ1v) is 19.5. The van der Waals surface area contributed by atoms with Crippen LogP contribution in [-0.2, 0) is 0 Å². The zero-order valence-corrected chi connectivity index (χ0v) is 30.6. The van der Waals surface area contributed by atoms with E-state index in [9.17, 15) is 0 Å². The SMILES string of the molecule is c1ccc(-c2nc3c(ccc4cc(-c5ccccc5)c5ccc(N(c6ccccc6)c6cccc7c8ccccc8n(-c8ccccc8)c67)cc5c43)s2)cc1. The minimum absolute atomic E-state index is 1.03. The summed E-state index contributed by atoms with van der Waals surface area (Å²) in [7, 11) is 0. The van der Waals surface area contributed by atoms with Gasteiger partial charge in [-0.05, 0) is 87.9 Å². The average Bonchev–Trinajstić information content (AvgIpc) is 3.85. The molecule has 0 saturated carbocycles. The summed E-state index contributed by atoms with van der Waals surface area (Å²) >= 11 is 1.76. The van der Waals surface area contributed by atoms with Crippen LogP contribution in [0.15, 0.2) is 200 Å². The maximum Gasteiger partial charge on any atom is 0.124 e. The topological polar surface area (TPSA) is 21.1 Å². The molecule has 0 fully saturated rings. The third kappa shape index (κ3) is 5.14. The molecule has 4 heteroatoms. The van der Waals surface area contributed by atoms with Gasteiger partial charge in [-0.25, -0.2) is 4.98 Å². The Morgan fingerprint density at radius 3 is 1.93 bits per heavy atom. The minimum Gasteiger partial charge on any atom is -0.308 e. The summed E-state index contributed by atoms with van der Waals surface area (Å²) in [6, 6.07) is 72.1. The molecule has 0 atom stereocenters. The number of hydrogen-bond acceptors (Lipinski definition) is 3. The van der Waals surface area contributed by atoms with E-state index in [4.69, 9.17) is 4.98 Å². The first kappa shape index (κ1) is 31.5. The molecule has 0 saturated heterocycles. The summed E-state index contributed by atoms with van der Waals surface area (Å²) < 4.78 is 3.60. The molecule has 0 spiro atoms. The molecule has 0 aliphatic heterocycles. The summed E-state index contributed by atoms with van der Waals surface area (Å²) in [6.07, 6.45) is 0. The lowest BCUT2D eigenvalue weighted by atomic mass is 9.92. The molecule has 2 heterocycles. The van der Waals surface area contributed by atoms with Crippen molar-refractivity contribution in [2.75, 3.05) is 4.90 Å². The molecule has 2 aromatic heterocycles. The molecule has 3 nitrogen and oxygen atoms in total. The number of benzene rings is 9. The monoisotopic (exact) mass is 719 g/mol. The Hall–Kier alpha value is -7.01. The third-order valence-corrected chi connectivity index (χ3v) is 11.8. The highest BCUT2D eigenvalue weighted by atomic mass is 32.1. The largest absolute Gasteiger partial charge is 0.308 e. The van der Waals surface area contributed by atoms with Crippen molar-refractivity contribution in [3.05, 3.63) is 200 Å². The van der Waals surface area contributed by atoms with Crippen LogP contribution in [0.3, 0.4) is 0 Å². The Balaban J connectivity index is 1.24. The molecule has 0 aliphatic rings. The highest BCUT2D eigenvalue weighted by Gasteiger charge is 2.23. The Bertz CT molecular complexity index is 3190. The second kappa shape index (κ2) is 12.8. The van der Waals surface area contributed by atoms with Gasteiger partial charge in [0.15, 0.2) is 0 Å². The predicted octanol–water partition coefficient (Wildman–Crippen LogP) is 14.5. The van der Waals surface area contributed by atoms with E-state index in [0.717, 1.165) is 44.4 Å². The number of thiazole rings is 1. The number of aromatic nitrogens is 2. The lowest BCUT2D eigenvalue weighted by Gasteiger charge is -2.27. The predicted molar refractivity (Wildman–Crippen MR) is 235 cm³/mol. The summed E-state index contributed by atoms with van der Waals surface area (Å²) in [4.78, 5) is 7.79. The van der Waals surface area contributed by atoms with E-state index in [-0.39, 0.29) is 0 Å². The number of anilines is 3. The standard InChI is InChI=1S/C51H33N3S/c1-5-16-34(17-6-1)43-32-36-28-31-47-49(52-51(55-47)35-18-7-2-8-19-35)48(36)44-33-39(29-30-40(43)44)53(37-20-9-3-10-21-37)46-27-15-25-42-41-24-13-14-26-45(41)54(50(42)46)38-22-11-4-12-23-38/h1-33H. The van der Waals surface area contributed by atoms with Gasteiger partial charge in [0.05, 0.1) is 26.9 Å². The molecule has 0 unspecified atom stereocenters. The van der Waals surface area contributed by atoms with Crippen LogP contribution >= 0.6 is 11.3 Å². The quantitative estimate of drug-likeness (QED) is 0.160. The molecular formula is C51H33N3S. The fourth-order valence-electron chi connectivity index (χ4n) is 8.35. The van der Waals surface area contributed by atoms with E-state index in [1.165, 1.54) is 53.7 Å². The third-order valence-electron chi connectivity index (χ3n) is 10.8. The number of fused-ring (bicyclic) bond motifs is 8. The zero-order valence-electron chi connectivity index (χ0n) is 29.8. The first-order chi connectivity index (χ1) is 27.3. The number of nitrogens with zero attached hydrogens (tertiary/aromatic N) is 3. The molecule has 0 N–H and O–H groups in total. The van der Waals surface area contributed by atoms with Crippen molar-refractivity contribution in [1.29, 1.82) is 0 Å². The molecule has 0 radical (unpaired) electrons. The van der Waals surface area contributed by atoms with Gasteiger partial charge < -0.3 is 9.47 Å². The summed E-state index contributed by atoms with van der Waals surface area (Å²) in [5.41, 5.74) is 11.3. The van der Waals surface area contributed by atoms with Crippen LogP contribution in [0.4, 0.5) is 17.1 Å². The van der Waals surface area contributed by atoms with Gasteiger partial charge in [-0.1, -0.05) is 140 Å². The maximum absolute atomic E-state index is 5.37. The Labute approximate surface area is 322 Å². The fraction of sp³-hybridized carbons (Fsp3) is 0.